The number of halogens is 2. The van der Waals surface area contributed by atoms with E-state index >= 15 is 0 Å². The van der Waals surface area contributed by atoms with Gasteiger partial charge in [0.2, 0.25) is 0 Å². The Bertz CT molecular complexity index is 968. The first-order chi connectivity index (χ1) is 13.0. The molecule has 0 spiro atoms. The summed E-state index contributed by atoms with van der Waals surface area (Å²) >= 11 is 12.1. The molecule has 27 heavy (non-hydrogen) atoms. The average Bonchev–Trinajstić information content (AvgIpc) is 2.66. The van der Waals surface area contributed by atoms with Crippen molar-refractivity contribution in [3.05, 3.63) is 52.8 Å². The van der Waals surface area contributed by atoms with E-state index in [9.17, 15) is 0 Å². The molecule has 0 aliphatic rings. The molecule has 0 saturated carbocycles. The second-order valence-corrected chi connectivity index (χ2v) is 6.27. The smallest absolute Gasteiger partial charge is 0.159 e. The molecule has 0 amide bonds. The van der Waals surface area contributed by atoms with E-state index in [-0.39, 0.29) is 0 Å². The van der Waals surface area contributed by atoms with Gasteiger partial charge >= 0.3 is 0 Å². The van der Waals surface area contributed by atoms with Crippen LogP contribution in [0.4, 0.5) is 28.7 Å². The zero-order valence-corrected chi connectivity index (χ0v) is 16.1. The second kappa shape index (κ2) is 8.20. The van der Waals surface area contributed by atoms with Crippen molar-refractivity contribution in [3.8, 4) is 11.5 Å². The summed E-state index contributed by atoms with van der Waals surface area (Å²) in [6.45, 7) is 0. The molecule has 1 aromatic heterocycles. The van der Waals surface area contributed by atoms with Gasteiger partial charge < -0.3 is 25.8 Å². The molecular weight excluding hydrogens is 389 g/mol. The predicted molar refractivity (Wildman–Crippen MR) is 109 cm³/mol. The molecule has 9 heteroatoms. The van der Waals surface area contributed by atoms with Crippen LogP contribution in [0, 0.1) is 0 Å². The summed E-state index contributed by atoms with van der Waals surface area (Å²) in [5.41, 5.74) is 7.82. The van der Waals surface area contributed by atoms with Crippen LogP contribution in [0.25, 0.3) is 0 Å². The minimum Gasteiger partial charge on any atom is -0.497 e. The summed E-state index contributed by atoms with van der Waals surface area (Å²) in [5.74, 6) is 2.09. The van der Waals surface area contributed by atoms with Gasteiger partial charge in [0.1, 0.15) is 23.5 Å². The van der Waals surface area contributed by atoms with E-state index in [1.165, 1.54) is 6.33 Å². The number of nitrogens with two attached hydrogens (primary N) is 1. The van der Waals surface area contributed by atoms with Gasteiger partial charge in [0.25, 0.3) is 0 Å². The van der Waals surface area contributed by atoms with Crippen molar-refractivity contribution in [3.63, 3.8) is 0 Å². The van der Waals surface area contributed by atoms with Crippen molar-refractivity contribution in [1.82, 2.24) is 9.97 Å². The van der Waals surface area contributed by atoms with Gasteiger partial charge in [0.15, 0.2) is 11.6 Å². The van der Waals surface area contributed by atoms with Crippen LogP contribution in [0.3, 0.4) is 0 Å². The number of benzene rings is 2. The molecule has 0 aliphatic heterocycles. The van der Waals surface area contributed by atoms with Gasteiger partial charge in [-0.2, -0.15) is 0 Å². The maximum atomic E-state index is 6.23. The first-order valence-corrected chi connectivity index (χ1v) is 8.59. The zero-order valence-electron chi connectivity index (χ0n) is 14.6. The number of hydrogen-bond acceptors (Lipinski definition) is 7. The van der Waals surface area contributed by atoms with Crippen LogP contribution < -0.4 is 25.8 Å². The number of aromatic nitrogens is 2. The molecule has 3 rings (SSSR count). The van der Waals surface area contributed by atoms with Crippen molar-refractivity contribution in [2.75, 3.05) is 30.6 Å². The Morgan fingerprint density at radius 1 is 0.889 bits per heavy atom. The van der Waals surface area contributed by atoms with Gasteiger partial charge in [-0.1, -0.05) is 23.2 Å². The molecule has 0 saturated heterocycles. The van der Waals surface area contributed by atoms with Crippen LogP contribution in [0.2, 0.25) is 10.0 Å². The quantitative estimate of drug-likeness (QED) is 0.538. The SMILES string of the molecule is COc1ccc(OC)c(Nc2ncnc(Nc3ccc(Cl)cc3Cl)c2N)c1. The highest BCUT2D eigenvalue weighted by atomic mass is 35.5. The Labute approximate surface area is 166 Å². The van der Waals surface area contributed by atoms with E-state index in [1.807, 2.05) is 0 Å². The summed E-state index contributed by atoms with van der Waals surface area (Å²) in [5, 5.41) is 7.21. The molecule has 3 aromatic rings. The second-order valence-electron chi connectivity index (χ2n) is 5.42. The minimum atomic E-state index is 0.313. The monoisotopic (exact) mass is 405 g/mol. The summed E-state index contributed by atoms with van der Waals surface area (Å²) < 4.78 is 10.6. The molecule has 4 N–H and O–H groups in total. The fraction of sp³-hybridized carbons (Fsp3) is 0.111. The van der Waals surface area contributed by atoms with Crippen molar-refractivity contribution in [2.24, 2.45) is 0 Å². The Hall–Kier alpha value is -2.90. The lowest BCUT2D eigenvalue weighted by atomic mass is 10.2. The molecule has 0 aliphatic carbocycles. The number of nitrogens with one attached hydrogen (secondary N) is 2. The van der Waals surface area contributed by atoms with Gasteiger partial charge in [-0.3, -0.25) is 0 Å². The number of hydrogen-bond donors (Lipinski definition) is 3. The van der Waals surface area contributed by atoms with Crippen LogP contribution in [0.5, 0.6) is 11.5 Å². The van der Waals surface area contributed by atoms with E-state index in [4.69, 9.17) is 38.4 Å². The summed E-state index contributed by atoms with van der Waals surface area (Å²) in [4.78, 5) is 8.39. The number of nitrogens with zero attached hydrogens (tertiary/aromatic N) is 2. The molecule has 7 nitrogen and oxygen atoms in total. The van der Waals surface area contributed by atoms with Crippen molar-refractivity contribution < 1.29 is 9.47 Å². The van der Waals surface area contributed by atoms with Crippen LogP contribution >= 0.6 is 23.2 Å². The van der Waals surface area contributed by atoms with Gasteiger partial charge in [-0.25, -0.2) is 9.97 Å². The van der Waals surface area contributed by atoms with Crippen LogP contribution in [-0.2, 0) is 0 Å². The highest BCUT2D eigenvalue weighted by molar-refractivity contribution is 6.36. The largest absolute Gasteiger partial charge is 0.497 e. The Morgan fingerprint density at radius 3 is 2.22 bits per heavy atom. The van der Waals surface area contributed by atoms with Crippen LogP contribution in [0.15, 0.2) is 42.7 Å². The molecule has 0 atom stereocenters. The number of rotatable bonds is 6. The number of anilines is 5. The Kier molecular flexibility index (Phi) is 5.73. The number of nitrogen functional groups attached to an aromatic ring is 1. The van der Waals surface area contributed by atoms with Crippen molar-refractivity contribution in [2.45, 2.75) is 0 Å². The molecule has 1 heterocycles. The number of ether oxygens (including phenoxy) is 2. The van der Waals surface area contributed by atoms with Crippen molar-refractivity contribution in [1.29, 1.82) is 0 Å². The fourth-order valence-electron chi connectivity index (χ4n) is 2.35. The molecular formula is C18H17Cl2N5O2. The Balaban J connectivity index is 1.91. The first kappa shape index (κ1) is 18.9. The van der Waals surface area contributed by atoms with Crippen molar-refractivity contribution >= 4 is 51.9 Å². The molecule has 0 unspecified atom stereocenters. The van der Waals surface area contributed by atoms with E-state index in [2.05, 4.69) is 20.6 Å². The normalized spacial score (nSPS) is 10.4. The first-order valence-electron chi connectivity index (χ1n) is 7.83. The van der Waals surface area contributed by atoms with E-state index < -0.39 is 0 Å². The molecule has 0 fully saturated rings. The van der Waals surface area contributed by atoms with E-state index in [0.29, 0.717) is 50.2 Å². The van der Waals surface area contributed by atoms with Gasteiger partial charge in [-0.05, 0) is 30.3 Å². The summed E-state index contributed by atoms with van der Waals surface area (Å²) in [6, 6.07) is 10.4. The van der Waals surface area contributed by atoms with Crippen LogP contribution in [-0.4, -0.2) is 24.2 Å². The lowest BCUT2D eigenvalue weighted by molar-refractivity contribution is 0.405. The molecule has 140 valence electrons. The topological polar surface area (TPSA) is 94.3 Å². The van der Waals surface area contributed by atoms with Crippen LogP contribution in [0.1, 0.15) is 0 Å². The zero-order chi connectivity index (χ0) is 19.4. The molecule has 2 aromatic carbocycles. The third-order valence-corrected chi connectivity index (χ3v) is 4.28. The standard InChI is InChI=1S/C18H17Cl2N5O2/c1-26-11-4-6-15(27-2)14(8-11)25-18-16(21)17(22-9-23-18)24-13-5-3-10(19)7-12(13)20/h3-9H,21H2,1-2H3,(H2,22,23,24,25). The van der Waals surface area contributed by atoms with E-state index in [1.54, 1.807) is 50.6 Å². The van der Waals surface area contributed by atoms with Gasteiger partial charge in [0.05, 0.1) is 30.6 Å². The maximum Gasteiger partial charge on any atom is 0.159 e. The summed E-state index contributed by atoms with van der Waals surface area (Å²) in [6.07, 6.45) is 1.39. The number of methoxy groups -OCH3 is 2. The third-order valence-electron chi connectivity index (χ3n) is 3.73. The minimum absolute atomic E-state index is 0.313. The predicted octanol–water partition coefficient (Wildman–Crippen LogP) is 4.87. The van der Waals surface area contributed by atoms with E-state index in [0.717, 1.165) is 0 Å². The average molecular weight is 406 g/mol. The summed E-state index contributed by atoms with van der Waals surface area (Å²) in [7, 11) is 3.16. The van der Waals surface area contributed by atoms with Gasteiger partial charge in [0, 0.05) is 11.1 Å². The lowest BCUT2D eigenvalue weighted by Gasteiger charge is -2.15. The maximum absolute atomic E-state index is 6.23. The Morgan fingerprint density at radius 2 is 1.59 bits per heavy atom. The van der Waals surface area contributed by atoms with Gasteiger partial charge in [-0.15, -0.1) is 0 Å². The molecule has 0 bridgehead atoms. The molecule has 0 radical (unpaired) electrons. The highest BCUT2D eigenvalue weighted by Gasteiger charge is 2.13. The lowest BCUT2D eigenvalue weighted by Crippen LogP contribution is -2.06. The highest BCUT2D eigenvalue weighted by Crippen LogP contribution is 2.35. The third kappa shape index (κ3) is 4.27. The fourth-order valence-corrected chi connectivity index (χ4v) is 2.81.